The molecule has 0 heterocycles. The second kappa shape index (κ2) is 5.01. The molecule has 88 valence electrons. The van der Waals surface area contributed by atoms with Gasteiger partial charge in [-0.2, -0.15) is 0 Å². The van der Waals surface area contributed by atoms with E-state index in [9.17, 15) is 0 Å². The van der Waals surface area contributed by atoms with Crippen molar-refractivity contribution in [1.29, 1.82) is 0 Å². The highest BCUT2D eigenvalue weighted by atomic mass is 14.6. The molecule has 1 heteroatoms. The third kappa shape index (κ3) is 2.30. The zero-order chi connectivity index (χ0) is 11.5. The summed E-state index contributed by atoms with van der Waals surface area (Å²) in [6, 6.07) is 8.81. The van der Waals surface area contributed by atoms with Crippen LogP contribution in [0.1, 0.15) is 43.2 Å². The highest BCUT2D eigenvalue weighted by Crippen LogP contribution is 2.40. The Hall–Kier alpha value is -0.820. The lowest BCUT2D eigenvalue weighted by Crippen LogP contribution is -2.28. The van der Waals surface area contributed by atoms with Gasteiger partial charge in [0.15, 0.2) is 0 Å². The summed E-state index contributed by atoms with van der Waals surface area (Å²) in [5.41, 5.74) is 8.89. The van der Waals surface area contributed by atoms with Crippen LogP contribution in [0.15, 0.2) is 24.3 Å². The largest absolute Gasteiger partial charge is 0.330 e. The molecule has 2 N–H and O–H groups in total. The van der Waals surface area contributed by atoms with E-state index in [2.05, 4.69) is 38.1 Å². The number of hydrogen-bond donors (Lipinski definition) is 1. The molecule has 1 fully saturated rings. The van der Waals surface area contributed by atoms with Crippen LogP contribution in [0.5, 0.6) is 0 Å². The fourth-order valence-corrected chi connectivity index (χ4v) is 3.11. The lowest BCUT2D eigenvalue weighted by Gasteiger charge is -2.35. The molecule has 0 radical (unpaired) electrons. The molecule has 1 saturated carbocycles. The number of hydrogen-bond acceptors (Lipinski definition) is 1. The Balaban J connectivity index is 2.26. The van der Waals surface area contributed by atoms with Gasteiger partial charge in [0.05, 0.1) is 0 Å². The summed E-state index contributed by atoms with van der Waals surface area (Å²) < 4.78 is 0. The zero-order valence-corrected chi connectivity index (χ0v) is 10.4. The third-order valence-electron chi connectivity index (χ3n) is 4.15. The molecule has 1 aliphatic rings. The molecular formula is C15H23N. The van der Waals surface area contributed by atoms with E-state index in [1.54, 1.807) is 0 Å². The van der Waals surface area contributed by atoms with Gasteiger partial charge < -0.3 is 5.73 Å². The highest BCUT2D eigenvalue weighted by Gasteiger charge is 2.29. The minimum absolute atomic E-state index is 0.690. The molecule has 3 atom stereocenters. The molecule has 16 heavy (non-hydrogen) atoms. The van der Waals surface area contributed by atoms with E-state index < -0.39 is 0 Å². The van der Waals surface area contributed by atoms with Crippen molar-refractivity contribution in [3.05, 3.63) is 35.4 Å². The minimum Gasteiger partial charge on any atom is -0.330 e. The molecule has 0 aliphatic heterocycles. The first-order valence-electron chi connectivity index (χ1n) is 6.48. The lowest BCUT2D eigenvalue weighted by atomic mass is 9.71. The van der Waals surface area contributed by atoms with Crippen LogP contribution in [0, 0.1) is 18.8 Å². The molecular weight excluding hydrogens is 194 g/mol. The van der Waals surface area contributed by atoms with Crippen LogP contribution in [0.2, 0.25) is 0 Å². The summed E-state index contributed by atoms with van der Waals surface area (Å²) in [5.74, 6) is 2.24. The van der Waals surface area contributed by atoms with Crippen molar-refractivity contribution in [3.8, 4) is 0 Å². The number of nitrogens with two attached hydrogens (primary N) is 1. The molecule has 1 aromatic carbocycles. The van der Waals surface area contributed by atoms with Crippen molar-refractivity contribution in [2.24, 2.45) is 17.6 Å². The van der Waals surface area contributed by atoms with Crippen LogP contribution >= 0.6 is 0 Å². The predicted octanol–water partition coefficient (Wildman–Crippen LogP) is 3.47. The molecule has 0 amide bonds. The first kappa shape index (κ1) is 11.7. The first-order chi connectivity index (χ1) is 7.72. The smallest absolute Gasteiger partial charge is 0.00430 e. The summed E-state index contributed by atoms with van der Waals surface area (Å²) in [5, 5.41) is 0. The van der Waals surface area contributed by atoms with Crippen LogP contribution < -0.4 is 5.73 Å². The topological polar surface area (TPSA) is 26.0 Å². The Bertz CT molecular complexity index is 345. The molecule has 0 saturated heterocycles. The average Bonchev–Trinajstić information content (AvgIpc) is 2.29. The van der Waals surface area contributed by atoms with E-state index in [0.717, 1.165) is 12.5 Å². The number of rotatable bonds is 2. The average molecular weight is 217 g/mol. The Labute approximate surface area is 99.0 Å². The van der Waals surface area contributed by atoms with Crippen molar-refractivity contribution in [2.45, 2.75) is 39.0 Å². The van der Waals surface area contributed by atoms with Crippen LogP contribution in [0.3, 0.4) is 0 Å². The molecule has 3 unspecified atom stereocenters. The number of benzene rings is 1. The number of aryl methyl sites for hydroxylation is 1. The maximum atomic E-state index is 5.93. The molecule has 0 spiro atoms. The van der Waals surface area contributed by atoms with Gasteiger partial charge >= 0.3 is 0 Å². The molecule has 1 aliphatic carbocycles. The molecule has 1 aromatic rings. The van der Waals surface area contributed by atoms with Gasteiger partial charge in [0.25, 0.3) is 0 Å². The summed E-state index contributed by atoms with van der Waals surface area (Å²) >= 11 is 0. The van der Waals surface area contributed by atoms with E-state index in [-0.39, 0.29) is 0 Å². The summed E-state index contributed by atoms with van der Waals surface area (Å²) in [6.45, 7) is 5.44. The maximum Gasteiger partial charge on any atom is -0.00430 e. The van der Waals surface area contributed by atoms with Gasteiger partial charge in [-0.25, -0.2) is 0 Å². The van der Waals surface area contributed by atoms with Gasteiger partial charge in [-0.05, 0) is 55.2 Å². The minimum atomic E-state index is 0.690. The first-order valence-corrected chi connectivity index (χ1v) is 6.48. The van der Waals surface area contributed by atoms with Crippen LogP contribution in [-0.2, 0) is 0 Å². The lowest BCUT2D eigenvalue weighted by molar-refractivity contribution is 0.253. The van der Waals surface area contributed by atoms with Crippen molar-refractivity contribution in [2.75, 3.05) is 6.54 Å². The van der Waals surface area contributed by atoms with E-state index in [1.807, 2.05) is 0 Å². The maximum absolute atomic E-state index is 5.93. The van der Waals surface area contributed by atoms with E-state index in [4.69, 9.17) is 5.73 Å². The fraction of sp³-hybridized carbons (Fsp3) is 0.600. The van der Waals surface area contributed by atoms with Crippen LogP contribution in [0.25, 0.3) is 0 Å². The zero-order valence-electron chi connectivity index (χ0n) is 10.4. The third-order valence-corrected chi connectivity index (χ3v) is 4.15. The van der Waals surface area contributed by atoms with E-state index in [0.29, 0.717) is 11.8 Å². The van der Waals surface area contributed by atoms with E-state index in [1.165, 1.54) is 30.4 Å². The Morgan fingerprint density at radius 3 is 2.69 bits per heavy atom. The van der Waals surface area contributed by atoms with Crippen LogP contribution in [-0.4, -0.2) is 6.54 Å². The van der Waals surface area contributed by atoms with Crippen molar-refractivity contribution < 1.29 is 0 Å². The van der Waals surface area contributed by atoms with Gasteiger partial charge in [-0.1, -0.05) is 37.6 Å². The Morgan fingerprint density at radius 1 is 1.25 bits per heavy atom. The van der Waals surface area contributed by atoms with Gasteiger partial charge in [0, 0.05) is 0 Å². The highest BCUT2D eigenvalue weighted by molar-refractivity contribution is 5.30. The van der Waals surface area contributed by atoms with Gasteiger partial charge in [0.1, 0.15) is 0 Å². The van der Waals surface area contributed by atoms with E-state index >= 15 is 0 Å². The summed E-state index contributed by atoms with van der Waals surface area (Å²) in [4.78, 5) is 0. The molecule has 1 nitrogen and oxygen atoms in total. The molecule has 0 bridgehead atoms. The predicted molar refractivity (Wildman–Crippen MR) is 69.5 cm³/mol. The normalized spacial score (nSPS) is 30.3. The van der Waals surface area contributed by atoms with Gasteiger partial charge in [-0.3, -0.25) is 0 Å². The SMILES string of the molecule is Cc1ccccc1C1CC(C)CCC1CN. The standard InChI is InChI=1S/C15H23N/c1-11-7-8-13(10-16)15(9-11)14-6-4-3-5-12(14)2/h3-6,11,13,15H,7-10,16H2,1-2H3. The van der Waals surface area contributed by atoms with Gasteiger partial charge in [0.2, 0.25) is 0 Å². The van der Waals surface area contributed by atoms with Crippen molar-refractivity contribution in [1.82, 2.24) is 0 Å². The summed E-state index contributed by atoms with van der Waals surface area (Å²) in [6.07, 6.45) is 3.97. The Morgan fingerprint density at radius 2 is 2.00 bits per heavy atom. The molecule has 2 rings (SSSR count). The van der Waals surface area contributed by atoms with Crippen molar-refractivity contribution in [3.63, 3.8) is 0 Å². The second-order valence-corrected chi connectivity index (χ2v) is 5.38. The quantitative estimate of drug-likeness (QED) is 0.806. The summed E-state index contributed by atoms with van der Waals surface area (Å²) in [7, 11) is 0. The molecule has 0 aromatic heterocycles. The van der Waals surface area contributed by atoms with Crippen LogP contribution in [0.4, 0.5) is 0 Å². The monoisotopic (exact) mass is 217 g/mol. The van der Waals surface area contributed by atoms with Crippen molar-refractivity contribution >= 4 is 0 Å². The van der Waals surface area contributed by atoms with Gasteiger partial charge in [-0.15, -0.1) is 0 Å². The Kier molecular flexibility index (Phi) is 3.65. The fourth-order valence-electron chi connectivity index (χ4n) is 3.11. The second-order valence-electron chi connectivity index (χ2n) is 5.38.